The van der Waals surface area contributed by atoms with Gasteiger partial charge in [0, 0.05) is 89.7 Å². The minimum absolute atomic E-state index is 0.194. The highest BCUT2D eigenvalue weighted by Crippen LogP contribution is 2.37. The van der Waals surface area contributed by atoms with Crippen LogP contribution in [0.1, 0.15) is 88.7 Å². The third kappa shape index (κ3) is 7.01. The number of fused-ring (bicyclic) bond motifs is 6. The van der Waals surface area contributed by atoms with Gasteiger partial charge in [0.1, 0.15) is 11.6 Å². The van der Waals surface area contributed by atoms with Crippen LogP contribution in [-0.4, -0.2) is 123 Å². The molecule has 0 aliphatic carbocycles. The van der Waals surface area contributed by atoms with Crippen LogP contribution in [0.15, 0.2) is 36.9 Å². The van der Waals surface area contributed by atoms with E-state index in [0.717, 1.165) is 136 Å². The lowest BCUT2D eigenvalue weighted by atomic mass is 9.93. The average molecular weight is 765 g/mol. The summed E-state index contributed by atoms with van der Waals surface area (Å²) in [5.74, 6) is 4.52. The van der Waals surface area contributed by atoms with Gasteiger partial charge in [-0.15, -0.1) is 20.4 Å². The number of nitrogens with one attached hydrogen (secondary N) is 2. The van der Waals surface area contributed by atoms with Gasteiger partial charge in [-0.3, -0.25) is 18.4 Å². The van der Waals surface area contributed by atoms with Crippen molar-refractivity contribution in [3.05, 3.63) is 48.6 Å². The van der Waals surface area contributed by atoms with Gasteiger partial charge in [-0.25, -0.2) is 9.97 Å². The van der Waals surface area contributed by atoms with E-state index < -0.39 is 0 Å². The molecule has 4 saturated heterocycles. The van der Waals surface area contributed by atoms with Gasteiger partial charge in [-0.2, -0.15) is 0 Å². The highest BCUT2D eigenvalue weighted by atomic mass is 16.5. The maximum atomic E-state index is 13.0. The van der Waals surface area contributed by atoms with Crippen molar-refractivity contribution in [3.63, 3.8) is 0 Å². The first-order valence-electron chi connectivity index (χ1n) is 20.5. The minimum Gasteiger partial charge on any atom is -0.381 e. The van der Waals surface area contributed by atoms with Crippen molar-refractivity contribution >= 4 is 45.4 Å². The van der Waals surface area contributed by atoms with Gasteiger partial charge in [-0.05, 0) is 61.5 Å². The molecule has 56 heavy (non-hydrogen) atoms. The number of nitrogens with zero attached hydrogens (tertiary/aromatic N) is 10. The molecule has 0 saturated carbocycles. The minimum atomic E-state index is 0.194. The van der Waals surface area contributed by atoms with E-state index in [1.54, 1.807) is 12.4 Å². The maximum Gasteiger partial charge on any atom is 0.222 e. The monoisotopic (exact) mass is 764 g/mol. The van der Waals surface area contributed by atoms with Gasteiger partial charge in [0.15, 0.2) is 22.6 Å². The second-order valence-electron chi connectivity index (χ2n) is 16.1. The molecule has 10 heterocycles. The van der Waals surface area contributed by atoms with E-state index in [1.807, 2.05) is 34.3 Å². The molecule has 16 heteroatoms. The molecule has 296 valence electrons. The summed E-state index contributed by atoms with van der Waals surface area (Å²) in [7, 11) is 0. The smallest absolute Gasteiger partial charge is 0.222 e. The van der Waals surface area contributed by atoms with Gasteiger partial charge < -0.3 is 29.2 Å². The van der Waals surface area contributed by atoms with Crippen molar-refractivity contribution in [1.82, 2.24) is 58.9 Å². The van der Waals surface area contributed by atoms with E-state index in [0.29, 0.717) is 36.5 Å². The number of hydrogen-bond acceptors (Lipinski definition) is 10. The molecule has 4 aliphatic heterocycles. The molecule has 2 N–H and O–H groups in total. The lowest BCUT2D eigenvalue weighted by molar-refractivity contribution is -0.132. The number of ether oxygens (including phenoxy) is 2. The van der Waals surface area contributed by atoms with Crippen molar-refractivity contribution < 1.29 is 19.1 Å². The predicted molar refractivity (Wildman–Crippen MR) is 208 cm³/mol. The fourth-order valence-electron chi connectivity index (χ4n) is 9.49. The van der Waals surface area contributed by atoms with Crippen molar-refractivity contribution in [2.45, 2.75) is 77.0 Å². The fraction of sp³-hybridized carbons (Fsp3) is 0.600. The lowest BCUT2D eigenvalue weighted by Crippen LogP contribution is -2.32. The summed E-state index contributed by atoms with van der Waals surface area (Å²) in [5.41, 5.74) is 5.13. The molecule has 6 aromatic heterocycles. The van der Waals surface area contributed by atoms with Crippen LogP contribution in [0, 0.1) is 23.7 Å². The van der Waals surface area contributed by atoms with E-state index in [4.69, 9.17) is 9.47 Å². The molecule has 0 spiro atoms. The Labute approximate surface area is 324 Å². The normalized spacial score (nSPS) is 23.8. The summed E-state index contributed by atoms with van der Waals surface area (Å²) in [6.45, 7) is 10.6. The molecule has 2 amide bonds. The molecule has 4 atom stereocenters. The Morgan fingerprint density at radius 3 is 1.48 bits per heavy atom. The number of aromatic nitrogens is 10. The van der Waals surface area contributed by atoms with Crippen molar-refractivity contribution in [2.75, 3.05) is 52.6 Å². The van der Waals surface area contributed by atoms with Crippen LogP contribution in [0.3, 0.4) is 0 Å². The number of amides is 2. The number of rotatable bonds is 8. The first kappa shape index (κ1) is 36.7. The van der Waals surface area contributed by atoms with Crippen LogP contribution < -0.4 is 0 Å². The van der Waals surface area contributed by atoms with Crippen molar-refractivity contribution in [3.8, 4) is 0 Å². The summed E-state index contributed by atoms with van der Waals surface area (Å²) in [6, 6.07) is 4.01. The van der Waals surface area contributed by atoms with Crippen LogP contribution in [0.25, 0.3) is 33.6 Å². The molecule has 0 bridgehead atoms. The number of carbonyl (C=O) groups is 2. The number of aromatic amines is 2. The summed E-state index contributed by atoms with van der Waals surface area (Å²) < 4.78 is 15.0. The predicted octanol–water partition coefficient (Wildman–Crippen LogP) is 4.75. The second-order valence-corrected chi connectivity index (χ2v) is 16.1. The number of H-pyrrole nitrogens is 2. The highest BCUT2D eigenvalue weighted by Gasteiger charge is 2.40. The summed E-state index contributed by atoms with van der Waals surface area (Å²) in [5, 5.41) is 17.7. The van der Waals surface area contributed by atoms with E-state index >= 15 is 0 Å². The molecule has 0 unspecified atom stereocenters. The Bertz CT molecular complexity index is 2140. The Kier molecular flexibility index (Phi) is 10.4. The van der Waals surface area contributed by atoms with Gasteiger partial charge in [0.25, 0.3) is 0 Å². The molecular weight excluding hydrogens is 713 g/mol. The maximum absolute atomic E-state index is 13.0. The van der Waals surface area contributed by atoms with Gasteiger partial charge in [0.2, 0.25) is 11.8 Å². The Morgan fingerprint density at radius 1 is 0.643 bits per heavy atom. The van der Waals surface area contributed by atoms with Gasteiger partial charge in [0.05, 0.1) is 23.4 Å². The van der Waals surface area contributed by atoms with Crippen molar-refractivity contribution in [1.29, 1.82) is 0 Å². The number of carbonyl (C=O) groups excluding carboxylic acids is 2. The van der Waals surface area contributed by atoms with E-state index in [9.17, 15) is 9.59 Å². The summed E-state index contributed by atoms with van der Waals surface area (Å²) >= 11 is 0. The van der Waals surface area contributed by atoms with E-state index in [-0.39, 0.29) is 23.7 Å². The average Bonchev–Trinajstić information content (AvgIpc) is 4.08. The van der Waals surface area contributed by atoms with Crippen molar-refractivity contribution in [2.24, 2.45) is 23.7 Å². The quantitative estimate of drug-likeness (QED) is 0.220. The van der Waals surface area contributed by atoms with Gasteiger partial charge >= 0.3 is 0 Å². The summed E-state index contributed by atoms with van der Waals surface area (Å²) in [4.78, 5) is 45.1. The highest BCUT2D eigenvalue weighted by molar-refractivity contribution is 5.78. The number of hydrogen-bond donors (Lipinski definition) is 2. The SMILES string of the molecule is CC[C@@H]1CN(C(=O)CC2CCOCC2)C[C@@H]1c1nnc2cnc3[nH]ccc3n12.CC[C@H]1CN(C(=O)CC2CCOCC2)C[C@H]1c1nnc2cnc3[nH]ccc3n12. The van der Waals surface area contributed by atoms with Crippen LogP contribution in [0.5, 0.6) is 0 Å². The number of likely N-dealkylation sites (tertiary alicyclic amines) is 2. The lowest BCUT2D eigenvalue weighted by Gasteiger charge is -2.24. The Morgan fingerprint density at radius 2 is 1.07 bits per heavy atom. The van der Waals surface area contributed by atoms with E-state index in [1.165, 1.54) is 0 Å². The van der Waals surface area contributed by atoms with E-state index in [2.05, 4.69) is 63.0 Å². The third-order valence-electron chi connectivity index (χ3n) is 12.8. The standard InChI is InChI=1S/2C20H26N6O2/c2*1-2-14-11-25(18(27)9-13-4-7-28-8-5-13)12-15(14)20-24-23-17-10-22-19-16(26(17)20)3-6-21-19/h2*3,6,10,13-15,21H,2,4-5,7-9,11-12H2,1H3/t2*14-,15+/m10/s1. The molecular formula is C40H52N12O4. The Balaban J connectivity index is 0.000000146. The third-order valence-corrected chi connectivity index (χ3v) is 12.8. The largest absolute Gasteiger partial charge is 0.381 e. The molecule has 10 rings (SSSR count). The van der Waals surface area contributed by atoms with Crippen LogP contribution in [0.2, 0.25) is 0 Å². The van der Waals surface area contributed by atoms with Crippen LogP contribution in [-0.2, 0) is 19.1 Å². The Hall–Kier alpha value is -4.96. The fourth-order valence-corrected chi connectivity index (χ4v) is 9.49. The first-order valence-corrected chi connectivity index (χ1v) is 20.5. The molecule has 0 aromatic carbocycles. The zero-order valence-electron chi connectivity index (χ0n) is 32.3. The zero-order chi connectivity index (χ0) is 38.2. The van der Waals surface area contributed by atoms with Crippen LogP contribution in [0.4, 0.5) is 0 Å². The molecule has 6 aromatic rings. The zero-order valence-corrected chi connectivity index (χ0v) is 32.3. The second kappa shape index (κ2) is 15.9. The molecule has 0 radical (unpaired) electrons. The first-order chi connectivity index (χ1) is 27.5. The van der Waals surface area contributed by atoms with Gasteiger partial charge in [-0.1, -0.05) is 26.7 Å². The summed E-state index contributed by atoms with van der Waals surface area (Å²) in [6.07, 6.45) is 14.6. The molecule has 4 aliphatic rings. The molecule has 16 nitrogen and oxygen atoms in total. The molecule has 4 fully saturated rings. The topological polar surface area (TPSA) is 177 Å². The van der Waals surface area contributed by atoms with Crippen LogP contribution >= 0.6 is 0 Å².